The Morgan fingerprint density at radius 3 is 2.46 bits per heavy atom. The van der Waals surface area contributed by atoms with E-state index in [1.807, 2.05) is 42.5 Å². The van der Waals surface area contributed by atoms with Gasteiger partial charge in [0.05, 0.1) is 29.3 Å². The van der Waals surface area contributed by atoms with Crippen molar-refractivity contribution in [2.24, 2.45) is 0 Å². The number of halogens is 3. The molecule has 0 aliphatic carbocycles. The lowest BCUT2D eigenvalue weighted by Gasteiger charge is -2.23. The third-order valence-electron chi connectivity index (χ3n) is 7.15. The van der Waals surface area contributed by atoms with E-state index in [2.05, 4.69) is 34.0 Å². The molecule has 3 aromatic carbocycles. The lowest BCUT2D eigenvalue weighted by molar-refractivity contribution is -0.274. The van der Waals surface area contributed by atoms with Crippen LogP contribution in [-0.2, 0) is 16.0 Å². The van der Waals surface area contributed by atoms with Crippen molar-refractivity contribution in [2.75, 3.05) is 24.3 Å². The van der Waals surface area contributed by atoms with E-state index in [-0.39, 0.29) is 29.2 Å². The maximum absolute atomic E-state index is 12.8. The molecule has 0 spiro atoms. The van der Waals surface area contributed by atoms with Crippen molar-refractivity contribution >= 4 is 29.3 Å². The number of nitrogens with zero attached hydrogens (tertiary/aromatic N) is 4. The van der Waals surface area contributed by atoms with E-state index in [1.54, 1.807) is 12.0 Å². The van der Waals surface area contributed by atoms with Gasteiger partial charge in [-0.15, -0.1) is 18.3 Å². The highest BCUT2D eigenvalue weighted by Crippen LogP contribution is 2.39. The van der Waals surface area contributed by atoms with Crippen LogP contribution < -0.4 is 19.7 Å². The first-order valence-electron chi connectivity index (χ1n) is 14.5. The van der Waals surface area contributed by atoms with Gasteiger partial charge in [-0.3, -0.25) is 14.5 Å². The average Bonchev–Trinajstić information content (AvgIpc) is 3.66. The molecule has 5 rings (SSSR count). The van der Waals surface area contributed by atoms with E-state index in [1.165, 1.54) is 53.1 Å². The van der Waals surface area contributed by atoms with Gasteiger partial charge >= 0.3 is 6.36 Å². The topological polar surface area (TPSA) is 98.6 Å². The summed E-state index contributed by atoms with van der Waals surface area (Å²) < 4.78 is 48.0. The third kappa shape index (κ3) is 8.08. The number of carbonyl (C=O) groups excluding carboxylic acids is 2. The molecule has 2 heterocycles. The molecule has 1 aliphatic heterocycles. The molecule has 46 heavy (non-hydrogen) atoms. The zero-order valence-corrected chi connectivity index (χ0v) is 26.2. The summed E-state index contributed by atoms with van der Waals surface area (Å²) in [5.74, 6) is 0.868. The van der Waals surface area contributed by atoms with Crippen LogP contribution in [-0.4, -0.2) is 52.3 Å². The standard InChI is InChI=1S/C33H32F3N5O4S/c1-21(2)27-15-14-26(44-3)17-28(27)41-30(43)19-46-31(41)18-29(42)37-16-4-5-22-6-8-23(9-7-22)32-38-20-40(39-32)24-10-12-25(13-11-24)45-33(34,35)36/h6-15,17-18,20-21H,4-5,16,19H2,1-3H3,(H,37,42)/b31-18-. The van der Waals surface area contributed by atoms with E-state index in [0.29, 0.717) is 35.3 Å². The molecule has 0 saturated carbocycles. The highest BCUT2D eigenvalue weighted by molar-refractivity contribution is 8.04. The molecule has 0 radical (unpaired) electrons. The normalized spacial score (nSPS) is 14.3. The van der Waals surface area contributed by atoms with E-state index in [4.69, 9.17) is 4.74 Å². The summed E-state index contributed by atoms with van der Waals surface area (Å²) in [7, 11) is 1.58. The molecular weight excluding hydrogens is 619 g/mol. The van der Waals surface area contributed by atoms with Gasteiger partial charge in [0.2, 0.25) is 11.8 Å². The Morgan fingerprint density at radius 2 is 1.78 bits per heavy atom. The van der Waals surface area contributed by atoms with Gasteiger partial charge < -0.3 is 14.8 Å². The lowest BCUT2D eigenvalue weighted by atomic mass is 10.00. The van der Waals surface area contributed by atoms with Crippen LogP contribution >= 0.6 is 11.8 Å². The number of aryl methyl sites for hydroxylation is 1. The number of methoxy groups -OCH3 is 1. The van der Waals surface area contributed by atoms with Gasteiger partial charge in [-0.1, -0.05) is 55.9 Å². The minimum absolute atomic E-state index is 0.0850. The van der Waals surface area contributed by atoms with Gasteiger partial charge in [-0.05, 0) is 60.2 Å². The summed E-state index contributed by atoms with van der Waals surface area (Å²) >= 11 is 1.34. The molecular formula is C33H32F3N5O4S. The fraction of sp³-hybridized carbons (Fsp3) is 0.273. The number of hydrogen-bond donors (Lipinski definition) is 1. The monoisotopic (exact) mass is 651 g/mol. The maximum atomic E-state index is 12.8. The van der Waals surface area contributed by atoms with Crippen molar-refractivity contribution in [3.8, 4) is 28.6 Å². The number of anilines is 1. The second-order valence-electron chi connectivity index (χ2n) is 10.7. The number of rotatable bonds is 11. The van der Waals surface area contributed by atoms with Crippen LogP contribution in [0.25, 0.3) is 17.1 Å². The number of ether oxygens (including phenoxy) is 2. The number of amides is 2. The second kappa shape index (κ2) is 14.1. The minimum atomic E-state index is -4.75. The molecule has 1 N–H and O–H groups in total. The first-order valence-corrected chi connectivity index (χ1v) is 15.5. The predicted octanol–water partition coefficient (Wildman–Crippen LogP) is 6.64. The van der Waals surface area contributed by atoms with Crippen molar-refractivity contribution in [3.05, 3.63) is 95.3 Å². The first-order chi connectivity index (χ1) is 22.0. The summed E-state index contributed by atoms with van der Waals surface area (Å²) in [6, 6.07) is 18.7. The molecule has 0 atom stereocenters. The Bertz CT molecular complexity index is 1720. The Balaban J connectivity index is 1.14. The van der Waals surface area contributed by atoms with Crippen LogP contribution in [0.4, 0.5) is 18.9 Å². The fourth-order valence-electron chi connectivity index (χ4n) is 4.89. The van der Waals surface area contributed by atoms with Crippen LogP contribution in [0.3, 0.4) is 0 Å². The van der Waals surface area contributed by atoms with Gasteiger partial charge in [0.15, 0.2) is 5.82 Å². The predicted molar refractivity (Wildman–Crippen MR) is 170 cm³/mol. The zero-order chi connectivity index (χ0) is 32.8. The molecule has 1 saturated heterocycles. The van der Waals surface area contributed by atoms with Gasteiger partial charge in [0.1, 0.15) is 17.8 Å². The van der Waals surface area contributed by atoms with Crippen molar-refractivity contribution < 1.29 is 32.2 Å². The second-order valence-corrected chi connectivity index (χ2v) is 11.7. The molecule has 4 aromatic rings. The van der Waals surface area contributed by atoms with Gasteiger partial charge in [0, 0.05) is 24.3 Å². The zero-order valence-electron chi connectivity index (χ0n) is 25.4. The Kier molecular flexibility index (Phi) is 10.0. The Hall–Kier alpha value is -4.78. The largest absolute Gasteiger partial charge is 0.573 e. The van der Waals surface area contributed by atoms with E-state index < -0.39 is 6.36 Å². The van der Waals surface area contributed by atoms with E-state index in [9.17, 15) is 22.8 Å². The van der Waals surface area contributed by atoms with Gasteiger partial charge in [-0.25, -0.2) is 9.67 Å². The summed E-state index contributed by atoms with van der Waals surface area (Å²) in [5.41, 5.74) is 4.10. The number of hydrogen-bond acceptors (Lipinski definition) is 7. The average molecular weight is 652 g/mol. The quantitative estimate of drug-likeness (QED) is 0.144. The smallest absolute Gasteiger partial charge is 0.497 e. The van der Waals surface area contributed by atoms with Gasteiger partial charge in [0.25, 0.3) is 0 Å². The summed E-state index contributed by atoms with van der Waals surface area (Å²) in [5, 5.41) is 7.93. The molecule has 240 valence electrons. The van der Waals surface area contributed by atoms with E-state index in [0.717, 1.165) is 28.8 Å². The van der Waals surface area contributed by atoms with Crippen molar-refractivity contribution in [2.45, 2.75) is 39.0 Å². The molecule has 0 bridgehead atoms. The van der Waals surface area contributed by atoms with Crippen molar-refractivity contribution in [3.63, 3.8) is 0 Å². The number of aromatic nitrogens is 3. The first kappa shape index (κ1) is 32.6. The summed E-state index contributed by atoms with van der Waals surface area (Å²) in [6.45, 7) is 4.57. The van der Waals surface area contributed by atoms with Crippen LogP contribution in [0, 0.1) is 0 Å². The maximum Gasteiger partial charge on any atom is 0.573 e. The minimum Gasteiger partial charge on any atom is -0.497 e. The number of benzene rings is 3. The number of carbonyl (C=O) groups is 2. The van der Waals surface area contributed by atoms with E-state index >= 15 is 0 Å². The molecule has 9 nitrogen and oxygen atoms in total. The molecule has 1 aromatic heterocycles. The number of alkyl halides is 3. The number of thioether (sulfide) groups is 1. The molecule has 1 fully saturated rings. The van der Waals surface area contributed by atoms with Crippen molar-refractivity contribution in [1.82, 2.24) is 20.1 Å². The van der Waals surface area contributed by atoms with Crippen LogP contribution in [0.15, 0.2) is 84.2 Å². The van der Waals surface area contributed by atoms with Crippen LogP contribution in [0.5, 0.6) is 11.5 Å². The molecule has 1 aliphatic rings. The third-order valence-corrected chi connectivity index (χ3v) is 8.14. The molecule has 13 heteroatoms. The van der Waals surface area contributed by atoms with Crippen LogP contribution in [0.1, 0.15) is 37.3 Å². The summed E-state index contributed by atoms with van der Waals surface area (Å²) in [6.07, 6.45) is -0.356. The highest BCUT2D eigenvalue weighted by atomic mass is 32.2. The molecule has 0 unspecified atom stereocenters. The Morgan fingerprint density at radius 1 is 1.07 bits per heavy atom. The SMILES string of the molecule is COc1ccc(C(C)C)c(N2C(=O)CS/C2=C\C(=O)NCCCc2ccc(-c3ncn(-c4ccc(OC(F)(F)F)cc4)n3)cc2)c1. The Labute approximate surface area is 268 Å². The van der Waals surface area contributed by atoms with Crippen molar-refractivity contribution in [1.29, 1.82) is 0 Å². The highest BCUT2D eigenvalue weighted by Gasteiger charge is 2.32. The fourth-order valence-corrected chi connectivity index (χ4v) is 5.81. The summed E-state index contributed by atoms with van der Waals surface area (Å²) in [4.78, 5) is 31.5. The lowest BCUT2D eigenvalue weighted by Crippen LogP contribution is -2.28. The molecule has 2 amide bonds. The number of nitrogens with one attached hydrogen (secondary N) is 1. The van der Waals surface area contributed by atoms with Gasteiger partial charge in [-0.2, -0.15) is 0 Å². The van der Waals surface area contributed by atoms with Crippen LogP contribution in [0.2, 0.25) is 0 Å².